The number of benzene rings is 1. The molecule has 1 aliphatic rings. The standard InChI is InChI=1S/C21H26N4O3/c1-14-15(2)25(13-16-7-6-10-28-16)21(17(14)11-22)24-20(26)12-23-18-8-4-5-9-19(18)27-3/h4-5,8-9,16,23H,6-7,10,12-13H2,1-3H3,(H,24,26)/t16-/m1/s1. The summed E-state index contributed by atoms with van der Waals surface area (Å²) in [5.74, 6) is 0.981. The van der Waals surface area contributed by atoms with Gasteiger partial charge in [-0.3, -0.25) is 4.79 Å². The van der Waals surface area contributed by atoms with E-state index >= 15 is 0 Å². The molecule has 2 heterocycles. The minimum atomic E-state index is -0.228. The number of hydrogen-bond acceptors (Lipinski definition) is 5. The average Bonchev–Trinajstić information content (AvgIpc) is 3.29. The largest absolute Gasteiger partial charge is 0.495 e. The van der Waals surface area contributed by atoms with Gasteiger partial charge in [0.25, 0.3) is 0 Å². The van der Waals surface area contributed by atoms with E-state index in [0.29, 0.717) is 23.7 Å². The molecule has 1 saturated heterocycles. The van der Waals surface area contributed by atoms with Crippen molar-refractivity contribution < 1.29 is 14.3 Å². The minimum Gasteiger partial charge on any atom is -0.495 e. The molecule has 0 radical (unpaired) electrons. The minimum absolute atomic E-state index is 0.0639. The first-order valence-corrected chi connectivity index (χ1v) is 9.43. The van der Waals surface area contributed by atoms with E-state index in [1.165, 1.54) is 0 Å². The number of rotatable bonds is 7. The van der Waals surface area contributed by atoms with E-state index < -0.39 is 0 Å². The van der Waals surface area contributed by atoms with E-state index in [0.717, 1.165) is 36.4 Å². The smallest absolute Gasteiger partial charge is 0.244 e. The molecule has 148 valence electrons. The third-order valence-corrected chi connectivity index (χ3v) is 5.16. The molecule has 7 heteroatoms. The van der Waals surface area contributed by atoms with Gasteiger partial charge in [-0.25, -0.2) is 0 Å². The summed E-state index contributed by atoms with van der Waals surface area (Å²) in [6, 6.07) is 9.64. The molecule has 1 aromatic carbocycles. The van der Waals surface area contributed by atoms with Gasteiger partial charge in [0.1, 0.15) is 17.6 Å². The third-order valence-electron chi connectivity index (χ3n) is 5.16. The van der Waals surface area contributed by atoms with E-state index in [-0.39, 0.29) is 18.6 Å². The van der Waals surface area contributed by atoms with Crippen LogP contribution in [0, 0.1) is 25.2 Å². The Balaban J connectivity index is 1.75. The highest BCUT2D eigenvalue weighted by Gasteiger charge is 2.23. The Kier molecular flexibility index (Phi) is 6.22. The summed E-state index contributed by atoms with van der Waals surface area (Å²) in [5, 5.41) is 15.6. The molecule has 3 rings (SSSR count). The molecule has 1 fully saturated rings. The summed E-state index contributed by atoms with van der Waals surface area (Å²) in [5.41, 5.74) is 3.09. The number of carbonyl (C=O) groups excluding carboxylic acids is 1. The zero-order chi connectivity index (χ0) is 20.1. The van der Waals surface area contributed by atoms with Crippen molar-refractivity contribution in [3.05, 3.63) is 41.1 Å². The van der Waals surface area contributed by atoms with Crippen molar-refractivity contribution in [1.82, 2.24) is 4.57 Å². The summed E-state index contributed by atoms with van der Waals surface area (Å²) in [6.07, 6.45) is 2.14. The number of carbonyl (C=O) groups is 1. The molecule has 28 heavy (non-hydrogen) atoms. The Morgan fingerprint density at radius 2 is 2.18 bits per heavy atom. The van der Waals surface area contributed by atoms with Crippen LogP contribution in [0.3, 0.4) is 0 Å². The summed E-state index contributed by atoms with van der Waals surface area (Å²) < 4.78 is 13.0. The molecule has 0 spiro atoms. The lowest BCUT2D eigenvalue weighted by atomic mass is 10.2. The van der Waals surface area contributed by atoms with Gasteiger partial charge in [-0.15, -0.1) is 0 Å². The molecule has 1 atom stereocenters. The Hall–Kier alpha value is -2.98. The number of amides is 1. The summed E-state index contributed by atoms with van der Waals surface area (Å²) in [4.78, 5) is 12.6. The highest BCUT2D eigenvalue weighted by molar-refractivity contribution is 5.94. The lowest BCUT2D eigenvalue weighted by Gasteiger charge is -2.17. The van der Waals surface area contributed by atoms with E-state index in [9.17, 15) is 10.1 Å². The number of nitrogens with one attached hydrogen (secondary N) is 2. The Morgan fingerprint density at radius 1 is 1.39 bits per heavy atom. The highest BCUT2D eigenvalue weighted by atomic mass is 16.5. The zero-order valence-electron chi connectivity index (χ0n) is 16.5. The van der Waals surface area contributed by atoms with Crippen LogP contribution in [0.4, 0.5) is 11.5 Å². The number of methoxy groups -OCH3 is 1. The topological polar surface area (TPSA) is 88.3 Å². The van der Waals surface area contributed by atoms with Crippen molar-refractivity contribution in [2.45, 2.75) is 39.3 Å². The van der Waals surface area contributed by atoms with Crippen LogP contribution in [0.1, 0.15) is 29.7 Å². The van der Waals surface area contributed by atoms with Crippen LogP contribution in [-0.4, -0.2) is 36.8 Å². The van der Waals surface area contributed by atoms with Gasteiger partial charge in [0.2, 0.25) is 5.91 Å². The van der Waals surface area contributed by atoms with Crippen LogP contribution in [0.15, 0.2) is 24.3 Å². The average molecular weight is 382 g/mol. The van der Waals surface area contributed by atoms with Gasteiger partial charge in [0, 0.05) is 12.3 Å². The highest BCUT2D eigenvalue weighted by Crippen LogP contribution is 2.28. The predicted molar refractivity (Wildman–Crippen MR) is 108 cm³/mol. The maximum Gasteiger partial charge on any atom is 0.244 e. The molecule has 2 N–H and O–H groups in total. The van der Waals surface area contributed by atoms with E-state index in [4.69, 9.17) is 9.47 Å². The molecule has 1 aliphatic heterocycles. The van der Waals surface area contributed by atoms with Gasteiger partial charge in [-0.05, 0) is 44.4 Å². The second-order valence-electron chi connectivity index (χ2n) is 6.89. The molecule has 7 nitrogen and oxygen atoms in total. The van der Waals surface area contributed by atoms with Gasteiger partial charge in [0.05, 0.1) is 37.6 Å². The van der Waals surface area contributed by atoms with Crippen molar-refractivity contribution in [3.8, 4) is 11.8 Å². The number of nitrogens with zero attached hydrogens (tertiary/aromatic N) is 2. The van der Waals surface area contributed by atoms with Crippen LogP contribution < -0.4 is 15.4 Å². The van der Waals surface area contributed by atoms with Crippen LogP contribution in [-0.2, 0) is 16.1 Å². The summed E-state index contributed by atoms with van der Waals surface area (Å²) >= 11 is 0. The summed E-state index contributed by atoms with van der Waals surface area (Å²) in [6.45, 7) is 5.33. The fourth-order valence-corrected chi connectivity index (χ4v) is 3.49. The fraction of sp³-hybridized carbons (Fsp3) is 0.429. The molecule has 1 amide bonds. The lowest BCUT2D eigenvalue weighted by Crippen LogP contribution is -2.25. The number of hydrogen-bond donors (Lipinski definition) is 2. The quantitative estimate of drug-likeness (QED) is 0.768. The van der Waals surface area contributed by atoms with Gasteiger partial charge in [0.15, 0.2) is 0 Å². The first-order valence-electron chi connectivity index (χ1n) is 9.43. The first kappa shape index (κ1) is 19.8. The van der Waals surface area contributed by atoms with E-state index in [1.807, 2.05) is 42.7 Å². The number of para-hydroxylation sites is 2. The summed E-state index contributed by atoms with van der Waals surface area (Å²) in [7, 11) is 1.59. The van der Waals surface area contributed by atoms with Gasteiger partial charge >= 0.3 is 0 Å². The van der Waals surface area contributed by atoms with Crippen molar-refractivity contribution in [2.75, 3.05) is 30.9 Å². The van der Waals surface area contributed by atoms with Crippen LogP contribution in [0.2, 0.25) is 0 Å². The van der Waals surface area contributed by atoms with Crippen LogP contribution >= 0.6 is 0 Å². The van der Waals surface area contributed by atoms with Crippen molar-refractivity contribution >= 4 is 17.4 Å². The molecule has 2 aromatic rings. The molecule has 0 unspecified atom stereocenters. The molecular formula is C21H26N4O3. The third kappa shape index (κ3) is 4.12. The normalized spacial score (nSPS) is 15.9. The number of nitriles is 1. The predicted octanol–water partition coefficient (Wildman–Crippen LogP) is 3.21. The van der Waals surface area contributed by atoms with Crippen LogP contribution in [0.25, 0.3) is 0 Å². The maximum atomic E-state index is 12.6. The Morgan fingerprint density at radius 3 is 2.86 bits per heavy atom. The van der Waals surface area contributed by atoms with Gasteiger partial charge < -0.3 is 24.7 Å². The molecule has 1 aromatic heterocycles. The second kappa shape index (κ2) is 8.81. The fourth-order valence-electron chi connectivity index (χ4n) is 3.49. The van der Waals surface area contributed by atoms with Crippen molar-refractivity contribution in [3.63, 3.8) is 0 Å². The van der Waals surface area contributed by atoms with E-state index in [1.54, 1.807) is 7.11 Å². The first-order chi connectivity index (χ1) is 13.5. The van der Waals surface area contributed by atoms with Crippen molar-refractivity contribution in [1.29, 1.82) is 5.26 Å². The van der Waals surface area contributed by atoms with Crippen molar-refractivity contribution in [2.24, 2.45) is 0 Å². The number of ether oxygens (including phenoxy) is 2. The van der Waals surface area contributed by atoms with E-state index in [2.05, 4.69) is 16.7 Å². The van der Waals surface area contributed by atoms with Gasteiger partial charge in [-0.2, -0.15) is 5.26 Å². The maximum absolute atomic E-state index is 12.6. The van der Waals surface area contributed by atoms with Crippen LogP contribution in [0.5, 0.6) is 5.75 Å². The Bertz CT molecular complexity index is 892. The molecule has 0 bridgehead atoms. The number of anilines is 2. The van der Waals surface area contributed by atoms with Gasteiger partial charge in [-0.1, -0.05) is 12.1 Å². The molecular weight excluding hydrogens is 356 g/mol. The SMILES string of the molecule is COc1ccccc1NCC(=O)Nc1c(C#N)c(C)c(C)n1C[C@H]1CCCO1. The molecule has 0 saturated carbocycles. The number of aromatic nitrogens is 1. The lowest BCUT2D eigenvalue weighted by molar-refractivity contribution is -0.114. The zero-order valence-corrected chi connectivity index (χ0v) is 16.5. The molecule has 0 aliphatic carbocycles. The second-order valence-corrected chi connectivity index (χ2v) is 6.89. The Labute approximate surface area is 165 Å². The monoisotopic (exact) mass is 382 g/mol.